The van der Waals surface area contributed by atoms with Crippen LogP contribution in [0.3, 0.4) is 0 Å². The molecule has 4 aliphatic rings. The van der Waals surface area contributed by atoms with Crippen LogP contribution in [0.15, 0.2) is 48.8 Å². The van der Waals surface area contributed by atoms with Gasteiger partial charge in [0.05, 0.1) is 35.1 Å². The normalized spacial score (nSPS) is 19.7. The number of hydrogen-bond acceptors (Lipinski definition) is 8. The van der Waals surface area contributed by atoms with E-state index in [9.17, 15) is 37.1 Å². The van der Waals surface area contributed by atoms with Crippen molar-refractivity contribution in [2.24, 2.45) is 5.92 Å². The van der Waals surface area contributed by atoms with Crippen molar-refractivity contribution in [1.29, 1.82) is 0 Å². The Kier molecular flexibility index (Phi) is 8.38. The van der Waals surface area contributed by atoms with Crippen molar-refractivity contribution < 1.29 is 37.1 Å². The Balaban J connectivity index is 0.908. The Bertz CT molecular complexity index is 2150. The number of benzene rings is 2. The van der Waals surface area contributed by atoms with Crippen molar-refractivity contribution in [2.75, 3.05) is 36.4 Å². The van der Waals surface area contributed by atoms with Gasteiger partial charge in [-0.15, -0.1) is 0 Å². The first-order chi connectivity index (χ1) is 24.6. The first-order valence-corrected chi connectivity index (χ1v) is 16.5. The molecule has 2 aromatic carbocycles. The Morgan fingerprint density at radius 3 is 2.44 bits per heavy atom. The zero-order valence-corrected chi connectivity index (χ0v) is 28.0. The number of rotatable bonds is 6. The van der Waals surface area contributed by atoms with Gasteiger partial charge in [-0.05, 0) is 50.6 Å². The van der Waals surface area contributed by atoms with E-state index in [1.165, 1.54) is 10.7 Å². The lowest BCUT2D eigenvalue weighted by Gasteiger charge is -2.51. The fraction of sp³-hybridized carbons (Fsp3) is 0.361. The third-order valence-corrected chi connectivity index (χ3v) is 9.89. The predicted molar refractivity (Wildman–Crippen MR) is 179 cm³/mol. The van der Waals surface area contributed by atoms with Gasteiger partial charge < -0.3 is 10.2 Å². The Morgan fingerprint density at radius 2 is 1.75 bits per heavy atom. The Morgan fingerprint density at radius 1 is 1.02 bits per heavy atom. The van der Waals surface area contributed by atoms with Gasteiger partial charge in [-0.2, -0.15) is 18.3 Å². The largest absolute Gasteiger partial charge is 0.407 e. The van der Waals surface area contributed by atoms with Gasteiger partial charge in [0.1, 0.15) is 11.6 Å². The summed E-state index contributed by atoms with van der Waals surface area (Å²) in [4.78, 5) is 71.3. The lowest BCUT2D eigenvalue weighted by atomic mass is 9.94. The monoisotopic (exact) mass is 712 g/mol. The quantitative estimate of drug-likeness (QED) is 0.225. The first kappa shape index (κ1) is 34.4. The highest BCUT2D eigenvalue weighted by atomic mass is 19.4. The molecule has 0 radical (unpaired) electrons. The molecule has 3 aromatic rings. The topological polar surface area (TPSA) is 141 Å². The van der Waals surface area contributed by atoms with E-state index in [0.717, 1.165) is 48.9 Å². The van der Waals surface area contributed by atoms with Gasteiger partial charge in [0, 0.05) is 62.0 Å². The molecule has 2 N–H and O–H groups in total. The lowest BCUT2D eigenvalue weighted by Crippen LogP contribution is -2.65. The van der Waals surface area contributed by atoms with Gasteiger partial charge in [0.25, 0.3) is 17.7 Å². The summed E-state index contributed by atoms with van der Waals surface area (Å²) in [6.45, 7) is 13.2. The van der Waals surface area contributed by atoms with E-state index in [-0.39, 0.29) is 35.6 Å². The lowest BCUT2D eigenvalue weighted by molar-refractivity contribution is -0.137. The maximum absolute atomic E-state index is 13.4. The van der Waals surface area contributed by atoms with Gasteiger partial charge in [0.2, 0.25) is 11.8 Å². The number of nitrogens with zero attached hydrogens (tertiary/aromatic N) is 6. The molecule has 52 heavy (non-hydrogen) atoms. The number of aromatic nitrogens is 2. The summed E-state index contributed by atoms with van der Waals surface area (Å²) in [6.07, 6.45) is -1.24. The molecule has 16 heteroatoms. The van der Waals surface area contributed by atoms with Crippen LogP contribution in [0.5, 0.6) is 0 Å². The van der Waals surface area contributed by atoms with E-state index in [1.54, 1.807) is 44.4 Å². The van der Waals surface area contributed by atoms with Gasteiger partial charge >= 0.3 is 6.18 Å². The molecule has 7 rings (SSSR count). The molecule has 0 saturated carbocycles. The summed E-state index contributed by atoms with van der Waals surface area (Å²) < 4.78 is 41.7. The minimum atomic E-state index is -4.74. The molecular weight excluding hydrogens is 681 g/mol. The minimum absolute atomic E-state index is 0.0480. The van der Waals surface area contributed by atoms with Crippen LogP contribution in [0.1, 0.15) is 58.5 Å². The van der Waals surface area contributed by atoms with E-state index < -0.39 is 58.5 Å². The van der Waals surface area contributed by atoms with Crippen LogP contribution in [0.25, 0.3) is 4.85 Å². The van der Waals surface area contributed by atoms with Gasteiger partial charge in [-0.3, -0.25) is 43.8 Å². The Labute approximate surface area is 295 Å². The second-order valence-electron chi connectivity index (χ2n) is 13.7. The Hall–Kier alpha value is -6.00. The van der Waals surface area contributed by atoms with Crippen molar-refractivity contribution in [3.8, 4) is 11.8 Å². The maximum atomic E-state index is 13.4. The molecular formula is C36H31F3N8O5. The van der Waals surface area contributed by atoms with Crippen LogP contribution < -0.4 is 15.5 Å². The number of carbonyl (C=O) groups excluding carboxylic acids is 5. The van der Waals surface area contributed by atoms with Crippen LogP contribution in [-0.2, 0) is 26.1 Å². The zero-order valence-electron chi connectivity index (χ0n) is 28.0. The van der Waals surface area contributed by atoms with Crippen molar-refractivity contribution in [3.63, 3.8) is 0 Å². The summed E-state index contributed by atoms with van der Waals surface area (Å²) >= 11 is 0. The summed E-state index contributed by atoms with van der Waals surface area (Å²) in [5.74, 6) is 3.66. The first-order valence-electron chi connectivity index (χ1n) is 16.5. The SMILES string of the molecule is [C-]#[N+]c1ccc(NC(=O)C(C)(C)n2cc(N3CC(N4CC(C#Cc5ccc6c(c5)C(=O)N(C5CCC(=O)NC5=O)C6=O)C4)C3)cn2)cc1C(F)(F)F. The standard InChI is InChI=1S/C36H31F3N8O5/c1-35(2,34(52)42-22-7-9-28(40-3)27(13-22)36(37,38)39)46-19-23(14-41-46)45-17-24(18-45)44-15-21(16-44)5-4-20-6-8-25-26(12-20)33(51)47(32(25)50)29-10-11-30(48)43-31(29)49/h6-9,12-14,19,21,24,29H,10-11,15-18H2,1-2H3,(H,42,52)(H,43,48,49). The highest BCUT2D eigenvalue weighted by Gasteiger charge is 2.45. The van der Waals surface area contributed by atoms with Crippen LogP contribution >= 0.6 is 0 Å². The maximum Gasteiger partial charge on any atom is 0.407 e. The number of piperidine rings is 1. The van der Waals surface area contributed by atoms with Crippen LogP contribution in [0.2, 0.25) is 0 Å². The smallest absolute Gasteiger partial charge is 0.366 e. The third kappa shape index (κ3) is 6.15. The molecule has 266 valence electrons. The number of anilines is 2. The number of imide groups is 2. The molecule has 0 bridgehead atoms. The summed E-state index contributed by atoms with van der Waals surface area (Å²) in [5.41, 5.74) is -1.22. The van der Waals surface area contributed by atoms with Crippen molar-refractivity contribution in [3.05, 3.63) is 82.5 Å². The highest BCUT2D eigenvalue weighted by Crippen LogP contribution is 2.38. The number of hydrogen-bond donors (Lipinski definition) is 2. The minimum Gasteiger partial charge on any atom is -0.366 e. The molecule has 1 unspecified atom stereocenters. The molecule has 13 nitrogen and oxygen atoms in total. The number of nitrogens with one attached hydrogen (secondary N) is 2. The molecule has 3 saturated heterocycles. The van der Waals surface area contributed by atoms with Crippen molar-refractivity contribution in [1.82, 2.24) is 24.9 Å². The van der Waals surface area contributed by atoms with Crippen molar-refractivity contribution >= 4 is 46.6 Å². The number of halogens is 3. The van der Waals surface area contributed by atoms with E-state index >= 15 is 0 Å². The molecule has 0 spiro atoms. The van der Waals surface area contributed by atoms with E-state index in [4.69, 9.17) is 6.57 Å². The van der Waals surface area contributed by atoms with Crippen molar-refractivity contribution in [2.45, 2.75) is 50.5 Å². The zero-order chi connectivity index (χ0) is 37.1. The van der Waals surface area contributed by atoms with E-state index in [2.05, 4.69) is 42.2 Å². The fourth-order valence-electron chi connectivity index (χ4n) is 6.64. The fourth-order valence-corrected chi connectivity index (χ4v) is 6.64. The summed E-state index contributed by atoms with van der Waals surface area (Å²) in [7, 11) is 0. The predicted octanol–water partition coefficient (Wildman–Crippen LogP) is 3.40. The number of amides is 5. The summed E-state index contributed by atoms with van der Waals surface area (Å²) in [6, 6.07) is 7.09. The molecule has 4 aliphatic heterocycles. The van der Waals surface area contributed by atoms with Crippen LogP contribution in [0, 0.1) is 24.3 Å². The molecule has 5 amide bonds. The van der Waals surface area contributed by atoms with E-state index in [1.807, 2.05) is 0 Å². The average molecular weight is 713 g/mol. The highest BCUT2D eigenvalue weighted by molar-refractivity contribution is 6.23. The number of likely N-dealkylation sites (tertiary alicyclic amines) is 1. The van der Waals surface area contributed by atoms with E-state index in [0.29, 0.717) is 11.6 Å². The molecule has 0 aliphatic carbocycles. The van der Waals surface area contributed by atoms with Gasteiger partial charge in [-0.25, -0.2) is 4.85 Å². The molecule has 1 atom stereocenters. The second-order valence-corrected chi connectivity index (χ2v) is 13.7. The third-order valence-electron chi connectivity index (χ3n) is 9.89. The van der Waals surface area contributed by atoms with Crippen LogP contribution in [0.4, 0.5) is 30.2 Å². The molecule has 5 heterocycles. The van der Waals surface area contributed by atoms with Gasteiger partial charge in [0.15, 0.2) is 5.69 Å². The second kappa shape index (κ2) is 12.6. The summed E-state index contributed by atoms with van der Waals surface area (Å²) in [5, 5.41) is 9.06. The van der Waals surface area contributed by atoms with Gasteiger partial charge in [-0.1, -0.05) is 17.9 Å². The van der Waals surface area contributed by atoms with Crippen LogP contribution in [-0.4, -0.2) is 87.4 Å². The number of fused-ring (bicyclic) bond motifs is 1. The molecule has 1 aromatic heterocycles. The number of alkyl halides is 3. The number of carbonyl (C=O) groups is 5. The molecule has 3 fully saturated rings. The average Bonchev–Trinajstić information content (AvgIpc) is 3.64.